The first kappa shape index (κ1) is 31.9. The fourth-order valence-electron chi connectivity index (χ4n) is 8.22. The van der Waals surface area contributed by atoms with E-state index >= 15 is 0 Å². The fraction of sp³-hybridized carbons (Fsp3) is 0.571. The van der Waals surface area contributed by atoms with Crippen molar-refractivity contribution in [1.29, 1.82) is 0 Å². The van der Waals surface area contributed by atoms with Crippen molar-refractivity contribution >= 4 is 33.4 Å². The third-order valence-electron chi connectivity index (χ3n) is 10.9. The number of amides is 1. The Bertz CT molecular complexity index is 1610. The van der Waals surface area contributed by atoms with Crippen LogP contribution in [0.25, 0.3) is 0 Å². The number of rotatable bonds is 2. The van der Waals surface area contributed by atoms with Crippen molar-refractivity contribution in [2.45, 2.75) is 82.0 Å². The normalized spacial score (nSPS) is 33.6. The number of halogens is 1. The number of aliphatic hydroxyl groups is 1. The molecule has 2 bridgehead atoms. The van der Waals surface area contributed by atoms with Gasteiger partial charge in [0.25, 0.3) is 5.91 Å². The largest absolute Gasteiger partial charge is 0.490 e. The first-order valence-electron chi connectivity index (χ1n) is 16.7. The van der Waals surface area contributed by atoms with Crippen LogP contribution in [0.4, 0.5) is 5.69 Å². The Hall–Kier alpha value is -2.63. The minimum atomic E-state index is -4.21. The van der Waals surface area contributed by atoms with Crippen molar-refractivity contribution in [1.82, 2.24) is 9.03 Å². The van der Waals surface area contributed by atoms with Crippen LogP contribution in [0.2, 0.25) is 5.02 Å². The highest BCUT2D eigenvalue weighted by Crippen LogP contribution is 2.46. The van der Waals surface area contributed by atoms with E-state index in [9.17, 15) is 18.3 Å². The molecule has 7 rings (SSSR count). The topological polar surface area (TPSA) is 108 Å². The highest BCUT2D eigenvalue weighted by atomic mass is 35.5. The van der Waals surface area contributed by atoms with Crippen LogP contribution in [0.5, 0.6) is 5.75 Å². The van der Waals surface area contributed by atoms with Gasteiger partial charge in [0.05, 0.1) is 24.5 Å². The molecule has 2 N–H and O–H groups in total. The maximum atomic E-state index is 13.8. The molecular formula is C35H44ClN3O6S. The smallest absolute Gasteiger partial charge is 0.304 e. The van der Waals surface area contributed by atoms with E-state index in [0.29, 0.717) is 38.5 Å². The predicted octanol–water partition coefficient (Wildman–Crippen LogP) is 5.00. The van der Waals surface area contributed by atoms with E-state index in [4.69, 9.17) is 21.1 Å². The van der Waals surface area contributed by atoms with Crippen LogP contribution in [-0.2, 0) is 26.8 Å². The van der Waals surface area contributed by atoms with E-state index in [2.05, 4.69) is 21.8 Å². The second-order valence-electron chi connectivity index (χ2n) is 13.9. The van der Waals surface area contributed by atoms with E-state index in [1.165, 1.54) is 15.4 Å². The summed E-state index contributed by atoms with van der Waals surface area (Å²) < 4.78 is 43.6. The van der Waals surface area contributed by atoms with Gasteiger partial charge >= 0.3 is 10.2 Å². The number of ether oxygens (including phenoxy) is 2. The Balaban J connectivity index is 1.27. The zero-order chi connectivity index (χ0) is 32.1. The minimum Gasteiger partial charge on any atom is -0.490 e. The number of hydrogen-bond acceptors (Lipinski definition) is 7. The molecule has 2 aromatic rings. The van der Waals surface area contributed by atoms with Gasteiger partial charge in [0.1, 0.15) is 5.75 Å². The van der Waals surface area contributed by atoms with Crippen molar-refractivity contribution < 1.29 is 27.8 Å². The van der Waals surface area contributed by atoms with Gasteiger partial charge in [0.15, 0.2) is 0 Å². The molecule has 248 valence electrons. The molecule has 1 amide bonds. The van der Waals surface area contributed by atoms with Gasteiger partial charge in [-0.1, -0.05) is 29.8 Å². The van der Waals surface area contributed by atoms with Crippen molar-refractivity contribution in [3.63, 3.8) is 0 Å². The number of carbonyl (C=O) groups excluding carboxylic acids is 1. The number of hydrogen-bond donors (Lipinski definition) is 2. The molecule has 3 aliphatic heterocycles. The lowest BCUT2D eigenvalue weighted by Crippen LogP contribution is -2.50. The first-order valence-corrected chi connectivity index (χ1v) is 18.5. The van der Waals surface area contributed by atoms with Gasteiger partial charge in [-0.2, -0.15) is 12.7 Å². The second kappa shape index (κ2) is 12.8. The molecule has 9 nitrogen and oxygen atoms in total. The summed E-state index contributed by atoms with van der Waals surface area (Å²) in [5.41, 5.74) is 3.25. The van der Waals surface area contributed by atoms with Crippen molar-refractivity contribution in [3.8, 4) is 5.75 Å². The molecule has 0 aromatic heterocycles. The second-order valence-corrected chi connectivity index (χ2v) is 16.0. The molecule has 0 unspecified atom stereocenters. The molecular weight excluding hydrogens is 626 g/mol. The summed E-state index contributed by atoms with van der Waals surface area (Å²) in [5.74, 6) is 0.348. The average molecular weight is 670 g/mol. The van der Waals surface area contributed by atoms with Crippen molar-refractivity contribution in [2.24, 2.45) is 11.8 Å². The Morgan fingerprint density at radius 1 is 1.13 bits per heavy atom. The van der Waals surface area contributed by atoms with Crippen LogP contribution in [0.1, 0.15) is 73.4 Å². The van der Waals surface area contributed by atoms with Gasteiger partial charge in [-0.05, 0) is 112 Å². The van der Waals surface area contributed by atoms with Gasteiger partial charge in [-0.25, -0.2) is 4.72 Å². The number of aliphatic hydroxyl groups excluding tert-OH is 1. The summed E-state index contributed by atoms with van der Waals surface area (Å²) in [6.07, 6.45) is 9.79. The Labute approximate surface area is 277 Å². The first-order chi connectivity index (χ1) is 22.1. The molecule has 1 saturated carbocycles. The quantitative estimate of drug-likeness (QED) is 0.433. The molecule has 1 saturated heterocycles. The minimum absolute atomic E-state index is 0.0960. The van der Waals surface area contributed by atoms with Crippen LogP contribution in [0.3, 0.4) is 0 Å². The SMILES string of the molecule is C[C@H]1C/C=C/[C@H](O)[C@@H]2CC[C@H]2CN2C[C@@]3(CCCc4cc(Cl)ccc43)COc3ccc(cc32)C(=O)NS(=O)(=O)N1C[C@H]1CCCO1. The highest BCUT2D eigenvalue weighted by molar-refractivity contribution is 7.87. The van der Waals surface area contributed by atoms with Crippen molar-refractivity contribution in [2.75, 3.05) is 37.7 Å². The Morgan fingerprint density at radius 2 is 2.00 bits per heavy atom. The third-order valence-corrected chi connectivity index (χ3v) is 12.7. The number of anilines is 1. The number of nitrogens with zero attached hydrogens (tertiary/aromatic N) is 2. The monoisotopic (exact) mass is 669 g/mol. The van der Waals surface area contributed by atoms with Crippen LogP contribution in [0.15, 0.2) is 48.6 Å². The number of benzene rings is 2. The molecule has 6 atom stereocenters. The van der Waals surface area contributed by atoms with Gasteiger partial charge < -0.3 is 19.5 Å². The lowest BCUT2D eigenvalue weighted by Gasteiger charge is -2.45. The predicted molar refractivity (Wildman–Crippen MR) is 178 cm³/mol. The van der Waals surface area contributed by atoms with Crippen LogP contribution in [0, 0.1) is 11.8 Å². The molecule has 1 spiro atoms. The molecule has 2 fully saturated rings. The lowest BCUT2D eigenvalue weighted by molar-refractivity contribution is 0.0455. The highest BCUT2D eigenvalue weighted by Gasteiger charge is 2.44. The lowest BCUT2D eigenvalue weighted by atomic mass is 9.68. The summed E-state index contributed by atoms with van der Waals surface area (Å²) in [4.78, 5) is 16.0. The van der Waals surface area contributed by atoms with Gasteiger partial charge in [0, 0.05) is 48.3 Å². The summed E-state index contributed by atoms with van der Waals surface area (Å²) in [6.45, 7) is 4.45. The number of fused-ring (bicyclic) bond motifs is 4. The van der Waals surface area contributed by atoms with Gasteiger partial charge in [-0.3, -0.25) is 4.79 Å². The van der Waals surface area contributed by atoms with Crippen molar-refractivity contribution in [3.05, 3.63) is 70.3 Å². The average Bonchev–Trinajstić information content (AvgIpc) is 3.47. The van der Waals surface area contributed by atoms with Crippen LogP contribution in [-0.4, -0.2) is 74.8 Å². The fourth-order valence-corrected chi connectivity index (χ4v) is 9.81. The summed E-state index contributed by atoms with van der Waals surface area (Å²) in [5, 5.41) is 12.0. The third kappa shape index (κ3) is 6.19. The number of nitrogens with one attached hydrogen (secondary N) is 1. The Morgan fingerprint density at radius 3 is 2.78 bits per heavy atom. The zero-order valence-electron chi connectivity index (χ0n) is 26.4. The molecule has 5 aliphatic rings. The summed E-state index contributed by atoms with van der Waals surface area (Å²) in [7, 11) is -4.21. The van der Waals surface area contributed by atoms with Gasteiger partial charge in [0.2, 0.25) is 0 Å². The van der Waals surface area contributed by atoms with Crippen LogP contribution >= 0.6 is 11.6 Å². The standard InChI is InChI=1S/C35H44ClN3O6S/c1-23-5-2-8-32(40)29-12-9-26(29)19-38-21-35(15-3-6-24-17-27(36)11-13-30(24)35)22-45-33-14-10-25(18-31(33)38)34(41)37-46(42,43)39(23)20-28-7-4-16-44-28/h2,8,10-11,13-14,17-18,23,26,28-29,32,40H,3-7,9,12,15-16,19-22H2,1H3,(H,37,41)/b8-2+/t23-,26-,28+,29+,32-,35-/m0/s1. The zero-order valence-corrected chi connectivity index (χ0v) is 27.9. The Kier molecular flexibility index (Phi) is 8.86. The number of carbonyl (C=O) groups is 1. The molecule has 2 aliphatic carbocycles. The van der Waals surface area contributed by atoms with E-state index < -0.39 is 28.3 Å². The van der Waals surface area contributed by atoms with E-state index in [1.54, 1.807) is 18.2 Å². The van der Waals surface area contributed by atoms with E-state index in [1.807, 2.05) is 25.1 Å². The molecule has 46 heavy (non-hydrogen) atoms. The van der Waals surface area contributed by atoms with Crippen LogP contribution < -0.4 is 14.4 Å². The number of aryl methyl sites for hydroxylation is 1. The van der Waals surface area contributed by atoms with E-state index in [0.717, 1.165) is 55.7 Å². The molecule has 11 heteroatoms. The molecule has 2 aromatic carbocycles. The summed E-state index contributed by atoms with van der Waals surface area (Å²) >= 11 is 6.41. The maximum absolute atomic E-state index is 13.8. The summed E-state index contributed by atoms with van der Waals surface area (Å²) in [6, 6.07) is 10.9. The van der Waals surface area contributed by atoms with E-state index in [-0.39, 0.29) is 35.5 Å². The molecule has 0 radical (unpaired) electrons. The maximum Gasteiger partial charge on any atom is 0.304 e. The molecule has 3 heterocycles. The van der Waals surface area contributed by atoms with Gasteiger partial charge in [-0.15, -0.1) is 0 Å².